The molecule has 3 aromatic rings. The standard InChI is InChI=1S/C22H21N5O4/c1-16-23-20(15-21(24-16)31-19-8-3-2-4-9-19)25-10-12-26(13-11-25)22(28)17-6-5-7-18(14-17)27(29)30/h2-9,14-15H,10-13H2,1H3. The van der Waals surface area contributed by atoms with Gasteiger partial charge in [-0.1, -0.05) is 24.3 Å². The van der Waals surface area contributed by atoms with Gasteiger partial charge in [-0.15, -0.1) is 0 Å². The Labute approximate surface area is 179 Å². The first kappa shape index (κ1) is 20.3. The molecule has 0 saturated carbocycles. The van der Waals surface area contributed by atoms with Crippen molar-refractivity contribution in [3.8, 4) is 11.6 Å². The van der Waals surface area contributed by atoms with Crippen LogP contribution in [0.25, 0.3) is 0 Å². The Balaban J connectivity index is 1.43. The van der Waals surface area contributed by atoms with Gasteiger partial charge in [0.25, 0.3) is 11.6 Å². The molecule has 0 radical (unpaired) electrons. The van der Waals surface area contributed by atoms with E-state index in [9.17, 15) is 14.9 Å². The monoisotopic (exact) mass is 419 g/mol. The quantitative estimate of drug-likeness (QED) is 0.461. The van der Waals surface area contributed by atoms with Gasteiger partial charge in [0.05, 0.1) is 4.92 Å². The Morgan fingerprint density at radius 2 is 1.74 bits per heavy atom. The van der Waals surface area contributed by atoms with E-state index in [0.29, 0.717) is 49.2 Å². The summed E-state index contributed by atoms with van der Waals surface area (Å²) in [6, 6.07) is 17.0. The first-order valence-electron chi connectivity index (χ1n) is 9.87. The van der Waals surface area contributed by atoms with Crippen molar-refractivity contribution in [3.05, 3.63) is 82.2 Å². The van der Waals surface area contributed by atoms with Crippen LogP contribution in [0.4, 0.5) is 11.5 Å². The number of nitrogens with zero attached hydrogens (tertiary/aromatic N) is 5. The van der Waals surface area contributed by atoms with E-state index in [1.807, 2.05) is 37.3 Å². The number of rotatable bonds is 5. The van der Waals surface area contributed by atoms with Crippen LogP contribution in [-0.2, 0) is 0 Å². The zero-order chi connectivity index (χ0) is 21.8. The maximum Gasteiger partial charge on any atom is 0.270 e. The predicted octanol–water partition coefficient (Wildman–Crippen LogP) is 3.45. The SMILES string of the molecule is Cc1nc(Oc2ccccc2)cc(N2CCN(C(=O)c3cccc([N+](=O)[O-])c3)CC2)n1. The van der Waals surface area contributed by atoms with Gasteiger partial charge in [0.2, 0.25) is 5.88 Å². The molecule has 0 spiro atoms. The van der Waals surface area contributed by atoms with Crippen LogP contribution in [0.2, 0.25) is 0 Å². The number of aromatic nitrogens is 2. The van der Waals surface area contributed by atoms with Gasteiger partial charge in [0.15, 0.2) is 0 Å². The molecular formula is C22H21N5O4. The summed E-state index contributed by atoms with van der Waals surface area (Å²) in [7, 11) is 0. The number of carbonyl (C=O) groups is 1. The number of para-hydroxylation sites is 1. The van der Waals surface area contributed by atoms with Crippen LogP contribution in [0.15, 0.2) is 60.7 Å². The lowest BCUT2D eigenvalue weighted by Gasteiger charge is -2.35. The molecule has 1 amide bonds. The molecule has 0 atom stereocenters. The molecule has 1 aromatic heterocycles. The third kappa shape index (κ3) is 4.77. The van der Waals surface area contributed by atoms with Crippen molar-refractivity contribution in [2.24, 2.45) is 0 Å². The van der Waals surface area contributed by atoms with Crippen LogP contribution < -0.4 is 9.64 Å². The zero-order valence-corrected chi connectivity index (χ0v) is 17.0. The van der Waals surface area contributed by atoms with E-state index in [2.05, 4.69) is 14.9 Å². The Hall–Kier alpha value is -4.01. The molecule has 1 fully saturated rings. The minimum Gasteiger partial charge on any atom is -0.439 e. The van der Waals surface area contributed by atoms with Gasteiger partial charge in [-0.25, -0.2) is 4.98 Å². The molecule has 4 rings (SSSR count). The Bertz CT molecular complexity index is 1100. The summed E-state index contributed by atoms with van der Waals surface area (Å²) in [6.07, 6.45) is 0. The number of hydrogen-bond acceptors (Lipinski definition) is 7. The Morgan fingerprint density at radius 1 is 1.00 bits per heavy atom. The lowest BCUT2D eigenvalue weighted by Crippen LogP contribution is -2.49. The lowest BCUT2D eigenvalue weighted by atomic mass is 10.1. The highest BCUT2D eigenvalue weighted by molar-refractivity contribution is 5.95. The predicted molar refractivity (Wildman–Crippen MR) is 114 cm³/mol. The molecule has 31 heavy (non-hydrogen) atoms. The van der Waals surface area contributed by atoms with Crippen molar-refractivity contribution in [1.82, 2.24) is 14.9 Å². The second-order valence-corrected chi connectivity index (χ2v) is 7.11. The number of nitro groups is 1. The normalized spacial score (nSPS) is 13.7. The average molecular weight is 419 g/mol. The molecule has 1 aliphatic rings. The fourth-order valence-corrected chi connectivity index (χ4v) is 3.42. The molecule has 1 aliphatic heterocycles. The molecule has 0 aliphatic carbocycles. The van der Waals surface area contributed by atoms with E-state index >= 15 is 0 Å². The number of amides is 1. The number of nitro benzene ring substituents is 1. The number of benzene rings is 2. The smallest absolute Gasteiger partial charge is 0.270 e. The number of non-ortho nitro benzene ring substituents is 1. The zero-order valence-electron chi connectivity index (χ0n) is 17.0. The summed E-state index contributed by atoms with van der Waals surface area (Å²) < 4.78 is 5.84. The van der Waals surface area contributed by atoms with E-state index in [1.54, 1.807) is 17.0 Å². The summed E-state index contributed by atoms with van der Waals surface area (Å²) in [4.78, 5) is 35.9. The number of aryl methyl sites for hydroxylation is 1. The van der Waals surface area contributed by atoms with Gasteiger partial charge in [0.1, 0.15) is 17.4 Å². The van der Waals surface area contributed by atoms with Crippen LogP contribution in [0.5, 0.6) is 11.6 Å². The molecule has 1 saturated heterocycles. The van der Waals surface area contributed by atoms with Crippen LogP contribution in [0, 0.1) is 17.0 Å². The molecule has 9 nitrogen and oxygen atoms in total. The largest absolute Gasteiger partial charge is 0.439 e. The Kier molecular flexibility index (Phi) is 5.74. The van der Waals surface area contributed by atoms with Crippen LogP contribution in [0.1, 0.15) is 16.2 Å². The van der Waals surface area contributed by atoms with E-state index < -0.39 is 4.92 Å². The number of hydrogen-bond donors (Lipinski definition) is 0. The van der Waals surface area contributed by atoms with Gasteiger partial charge in [0, 0.05) is 49.9 Å². The maximum absolute atomic E-state index is 12.8. The molecule has 158 valence electrons. The second kappa shape index (κ2) is 8.78. The third-order valence-electron chi connectivity index (χ3n) is 4.96. The Morgan fingerprint density at radius 3 is 2.45 bits per heavy atom. The molecule has 0 N–H and O–H groups in total. The minimum atomic E-state index is -0.499. The van der Waals surface area contributed by atoms with E-state index in [0.717, 1.165) is 5.82 Å². The van der Waals surface area contributed by atoms with E-state index in [-0.39, 0.29) is 11.6 Å². The van der Waals surface area contributed by atoms with E-state index in [1.165, 1.54) is 18.2 Å². The third-order valence-corrected chi connectivity index (χ3v) is 4.96. The molecule has 0 bridgehead atoms. The average Bonchev–Trinajstić information content (AvgIpc) is 2.79. The summed E-state index contributed by atoms with van der Waals surface area (Å²) >= 11 is 0. The van der Waals surface area contributed by atoms with Gasteiger partial charge in [-0.05, 0) is 25.1 Å². The first-order valence-corrected chi connectivity index (χ1v) is 9.87. The summed E-state index contributed by atoms with van der Waals surface area (Å²) in [5.74, 6) is 2.28. The van der Waals surface area contributed by atoms with Gasteiger partial charge in [-0.2, -0.15) is 4.98 Å². The molecule has 9 heteroatoms. The van der Waals surface area contributed by atoms with Crippen molar-refractivity contribution in [3.63, 3.8) is 0 Å². The fraction of sp³-hybridized carbons (Fsp3) is 0.227. The molecular weight excluding hydrogens is 398 g/mol. The minimum absolute atomic E-state index is 0.0908. The second-order valence-electron chi connectivity index (χ2n) is 7.11. The van der Waals surface area contributed by atoms with Crippen LogP contribution in [-0.4, -0.2) is 51.9 Å². The summed E-state index contributed by atoms with van der Waals surface area (Å²) in [6.45, 7) is 3.95. The number of piperazine rings is 1. The van der Waals surface area contributed by atoms with Crippen molar-refractivity contribution >= 4 is 17.4 Å². The molecule has 2 heterocycles. The number of carbonyl (C=O) groups excluding carboxylic acids is 1. The molecule has 2 aromatic carbocycles. The summed E-state index contributed by atoms with van der Waals surface area (Å²) in [5, 5.41) is 11.0. The van der Waals surface area contributed by atoms with Gasteiger partial charge in [-0.3, -0.25) is 14.9 Å². The highest BCUT2D eigenvalue weighted by Gasteiger charge is 2.24. The van der Waals surface area contributed by atoms with Crippen molar-refractivity contribution in [2.45, 2.75) is 6.92 Å². The van der Waals surface area contributed by atoms with Crippen molar-refractivity contribution in [1.29, 1.82) is 0 Å². The molecule has 0 unspecified atom stereocenters. The summed E-state index contributed by atoms with van der Waals surface area (Å²) in [5.41, 5.74) is 0.228. The highest BCUT2D eigenvalue weighted by atomic mass is 16.6. The maximum atomic E-state index is 12.8. The van der Waals surface area contributed by atoms with Crippen LogP contribution >= 0.6 is 0 Å². The lowest BCUT2D eigenvalue weighted by molar-refractivity contribution is -0.384. The fourth-order valence-electron chi connectivity index (χ4n) is 3.42. The number of anilines is 1. The first-order chi connectivity index (χ1) is 15.0. The van der Waals surface area contributed by atoms with Gasteiger partial charge >= 0.3 is 0 Å². The van der Waals surface area contributed by atoms with Crippen molar-refractivity contribution in [2.75, 3.05) is 31.1 Å². The van der Waals surface area contributed by atoms with Crippen LogP contribution in [0.3, 0.4) is 0 Å². The highest BCUT2D eigenvalue weighted by Crippen LogP contribution is 2.24. The topological polar surface area (TPSA) is 102 Å². The van der Waals surface area contributed by atoms with Crippen molar-refractivity contribution < 1.29 is 14.5 Å². The number of ether oxygens (including phenoxy) is 1. The van der Waals surface area contributed by atoms with E-state index in [4.69, 9.17) is 4.74 Å². The van der Waals surface area contributed by atoms with Gasteiger partial charge < -0.3 is 14.5 Å².